The van der Waals surface area contributed by atoms with Gasteiger partial charge in [-0.1, -0.05) is 5.57 Å². The molecule has 76 valence electrons. The molecule has 0 aromatic rings. The summed E-state index contributed by atoms with van der Waals surface area (Å²) >= 11 is 0. The molecule has 2 rings (SSSR count). The van der Waals surface area contributed by atoms with Gasteiger partial charge in [0.15, 0.2) is 0 Å². The Bertz CT molecular complexity index is 291. The number of rotatable bonds is 3. The Labute approximate surface area is 85.6 Å². The molecule has 0 radical (unpaired) electrons. The van der Waals surface area contributed by atoms with Crippen LogP contribution in [-0.4, -0.2) is 12.2 Å². The lowest BCUT2D eigenvalue weighted by molar-refractivity contribution is 0.0764. The quantitative estimate of drug-likeness (QED) is 0.643. The van der Waals surface area contributed by atoms with Crippen LogP contribution in [0.3, 0.4) is 0 Å². The van der Waals surface area contributed by atoms with Gasteiger partial charge < -0.3 is 4.74 Å². The van der Waals surface area contributed by atoms with Crippen molar-refractivity contribution in [1.29, 1.82) is 5.26 Å². The van der Waals surface area contributed by atoms with Crippen molar-refractivity contribution in [3.8, 4) is 6.07 Å². The number of ether oxygens (including phenoxy) is 1. The maximum Gasteiger partial charge on any atom is 0.0862 e. The first-order chi connectivity index (χ1) is 6.66. The molecule has 2 saturated heterocycles. The minimum Gasteiger partial charge on any atom is -0.373 e. The maximum atomic E-state index is 9.29. The summed E-state index contributed by atoms with van der Waals surface area (Å²) in [4.78, 5) is 0. The first-order valence-electron chi connectivity index (χ1n) is 5.37. The Kier molecular flexibility index (Phi) is 2.36. The molecule has 0 aromatic carbocycles. The highest BCUT2D eigenvalue weighted by Gasteiger charge is 2.52. The van der Waals surface area contributed by atoms with E-state index in [2.05, 4.69) is 12.6 Å². The highest BCUT2D eigenvalue weighted by Crippen LogP contribution is 2.50. The van der Waals surface area contributed by atoms with Crippen LogP contribution in [0.2, 0.25) is 0 Å². The molecule has 0 aromatic heterocycles. The molecular weight excluding hydrogens is 174 g/mol. The van der Waals surface area contributed by atoms with Crippen LogP contribution >= 0.6 is 0 Å². The Balaban J connectivity index is 2.05. The van der Waals surface area contributed by atoms with E-state index in [0.717, 1.165) is 32.1 Å². The average Bonchev–Trinajstić information content (AvgIpc) is 2.74. The number of nitriles is 1. The molecule has 2 heteroatoms. The van der Waals surface area contributed by atoms with Crippen LogP contribution in [0.4, 0.5) is 0 Å². The summed E-state index contributed by atoms with van der Waals surface area (Å²) in [6, 6.07) is 2.50. The van der Waals surface area contributed by atoms with E-state index in [1.165, 1.54) is 5.57 Å². The second-order valence-electron chi connectivity index (χ2n) is 4.75. The molecule has 3 atom stereocenters. The predicted octanol–water partition coefficient (Wildman–Crippen LogP) is 2.80. The van der Waals surface area contributed by atoms with Crippen molar-refractivity contribution in [2.24, 2.45) is 5.41 Å². The van der Waals surface area contributed by atoms with E-state index in [4.69, 9.17) is 4.74 Å². The number of allylic oxidation sites excluding steroid dienone is 1. The van der Waals surface area contributed by atoms with Gasteiger partial charge in [-0.25, -0.2) is 0 Å². The van der Waals surface area contributed by atoms with E-state index >= 15 is 0 Å². The number of fused-ring (bicyclic) bond motifs is 2. The van der Waals surface area contributed by atoms with Crippen LogP contribution < -0.4 is 0 Å². The van der Waals surface area contributed by atoms with Gasteiger partial charge in [0, 0.05) is 0 Å². The minimum atomic E-state index is -0.193. The highest BCUT2D eigenvalue weighted by molar-refractivity contribution is 5.13. The Morgan fingerprint density at radius 2 is 2.43 bits per heavy atom. The molecule has 0 spiro atoms. The molecule has 14 heavy (non-hydrogen) atoms. The van der Waals surface area contributed by atoms with Crippen molar-refractivity contribution in [3.05, 3.63) is 12.2 Å². The lowest BCUT2D eigenvalue weighted by Gasteiger charge is -2.28. The second kappa shape index (κ2) is 3.40. The molecular formula is C12H17NO. The van der Waals surface area contributed by atoms with Gasteiger partial charge in [-0.15, -0.1) is 6.58 Å². The van der Waals surface area contributed by atoms with Crippen LogP contribution in [0, 0.1) is 16.7 Å². The molecule has 2 nitrogen and oxygen atoms in total. The van der Waals surface area contributed by atoms with E-state index in [1.54, 1.807) is 0 Å². The summed E-state index contributed by atoms with van der Waals surface area (Å²) in [5.41, 5.74) is 0.976. The topological polar surface area (TPSA) is 33.0 Å². The fraction of sp³-hybridized carbons (Fsp3) is 0.750. The second-order valence-corrected chi connectivity index (χ2v) is 4.75. The zero-order valence-corrected chi connectivity index (χ0v) is 8.75. The first kappa shape index (κ1) is 9.73. The Hall–Kier alpha value is -0.810. The molecule has 2 aliphatic rings. The van der Waals surface area contributed by atoms with Crippen molar-refractivity contribution in [2.75, 3.05) is 0 Å². The van der Waals surface area contributed by atoms with E-state index in [0.29, 0.717) is 6.10 Å². The molecule has 2 heterocycles. The molecule has 0 N–H and O–H groups in total. The summed E-state index contributed by atoms with van der Waals surface area (Å²) in [7, 11) is 0. The lowest BCUT2D eigenvalue weighted by Crippen LogP contribution is -2.30. The predicted molar refractivity (Wildman–Crippen MR) is 54.6 cm³/mol. The third kappa shape index (κ3) is 1.46. The normalized spacial score (nSPS) is 39.7. The fourth-order valence-corrected chi connectivity index (χ4v) is 2.67. The van der Waals surface area contributed by atoms with Crippen LogP contribution in [-0.2, 0) is 4.74 Å². The average molecular weight is 191 g/mol. The van der Waals surface area contributed by atoms with Crippen molar-refractivity contribution in [3.63, 3.8) is 0 Å². The van der Waals surface area contributed by atoms with Crippen molar-refractivity contribution in [1.82, 2.24) is 0 Å². The van der Waals surface area contributed by atoms with Crippen molar-refractivity contribution in [2.45, 2.75) is 51.2 Å². The summed E-state index contributed by atoms with van der Waals surface area (Å²) < 4.78 is 5.76. The number of nitrogens with zero attached hydrogens (tertiary/aromatic N) is 1. The van der Waals surface area contributed by atoms with Gasteiger partial charge in [-0.05, 0) is 39.0 Å². The van der Waals surface area contributed by atoms with Crippen LogP contribution in [0.5, 0.6) is 0 Å². The van der Waals surface area contributed by atoms with E-state index in [1.807, 2.05) is 6.92 Å². The first-order valence-corrected chi connectivity index (χ1v) is 5.37. The summed E-state index contributed by atoms with van der Waals surface area (Å²) in [5.74, 6) is 0. The largest absolute Gasteiger partial charge is 0.373 e. The zero-order valence-electron chi connectivity index (χ0n) is 8.75. The van der Waals surface area contributed by atoms with Crippen LogP contribution in [0.15, 0.2) is 12.2 Å². The van der Waals surface area contributed by atoms with Crippen LogP contribution in [0.1, 0.15) is 39.0 Å². The Morgan fingerprint density at radius 1 is 1.64 bits per heavy atom. The third-order valence-electron chi connectivity index (χ3n) is 3.54. The van der Waals surface area contributed by atoms with Gasteiger partial charge in [-0.2, -0.15) is 5.26 Å². The van der Waals surface area contributed by atoms with Crippen molar-refractivity contribution >= 4 is 0 Å². The summed E-state index contributed by atoms with van der Waals surface area (Å²) in [6.45, 7) is 5.92. The molecule has 0 aliphatic carbocycles. The highest BCUT2D eigenvalue weighted by atomic mass is 16.5. The van der Waals surface area contributed by atoms with Gasteiger partial charge in [0.05, 0.1) is 23.7 Å². The number of hydrogen-bond acceptors (Lipinski definition) is 2. The summed E-state index contributed by atoms with van der Waals surface area (Å²) in [6.07, 6.45) is 5.64. The molecule has 0 saturated carbocycles. The number of hydrogen-bond donors (Lipinski definition) is 0. The van der Waals surface area contributed by atoms with E-state index in [9.17, 15) is 5.26 Å². The van der Waals surface area contributed by atoms with E-state index in [-0.39, 0.29) is 11.5 Å². The van der Waals surface area contributed by atoms with Crippen LogP contribution in [0.25, 0.3) is 0 Å². The lowest BCUT2D eigenvalue weighted by atomic mass is 9.72. The molecule has 3 unspecified atom stereocenters. The smallest absolute Gasteiger partial charge is 0.0862 e. The fourth-order valence-electron chi connectivity index (χ4n) is 2.67. The zero-order chi connectivity index (χ0) is 10.2. The standard InChI is InChI=1S/C12H17NO/c1-9(2)5-6-12(8-13)7-10-3-4-11(12)14-10/h10-11H,1,3-7H2,2H3. The van der Waals surface area contributed by atoms with Gasteiger partial charge in [0.2, 0.25) is 0 Å². The van der Waals surface area contributed by atoms with E-state index < -0.39 is 0 Å². The monoisotopic (exact) mass is 191 g/mol. The minimum absolute atomic E-state index is 0.193. The van der Waals surface area contributed by atoms with Gasteiger partial charge in [0.25, 0.3) is 0 Å². The summed E-state index contributed by atoms with van der Waals surface area (Å²) in [5, 5.41) is 9.29. The third-order valence-corrected chi connectivity index (χ3v) is 3.54. The molecule has 2 fully saturated rings. The molecule has 2 aliphatic heterocycles. The maximum absolute atomic E-state index is 9.29. The molecule has 2 bridgehead atoms. The van der Waals surface area contributed by atoms with Gasteiger partial charge in [0.1, 0.15) is 0 Å². The van der Waals surface area contributed by atoms with Gasteiger partial charge in [-0.3, -0.25) is 0 Å². The van der Waals surface area contributed by atoms with Gasteiger partial charge >= 0.3 is 0 Å². The SMILES string of the molecule is C=C(C)CCC1(C#N)CC2CCC1O2. The Morgan fingerprint density at radius 3 is 2.86 bits per heavy atom. The molecule has 0 amide bonds. The van der Waals surface area contributed by atoms with Crippen molar-refractivity contribution < 1.29 is 4.74 Å².